The molecule has 0 N–H and O–H groups in total. The second kappa shape index (κ2) is 5.85. The molecule has 0 bridgehead atoms. The number of ether oxygens (including phenoxy) is 1. The van der Waals surface area contributed by atoms with Crippen LogP contribution >= 0.6 is 11.3 Å². The average Bonchev–Trinajstić information content (AvgIpc) is 2.91. The van der Waals surface area contributed by atoms with Gasteiger partial charge in [-0.05, 0) is 25.0 Å². The number of hydrogen-bond acceptors (Lipinski definition) is 4. The Bertz CT molecular complexity index is 653. The summed E-state index contributed by atoms with van der Waals surface area (Å²) in [5.74, 6) is 0.916. The van der Waals surface area contributed by atoms with Crippen LogP contribution in [0.4, 0.5) is 0 Å². The third-order valence-corrected chi connectivity index (χ3v) is 4.49. The fourth-order valence-corrected chi connectivity index (χ4v) is 3.20. The minimum Gasteiger partial charge on any atom is -0.492 e. The molecule has 0 saturated heterocycles. The maximum Gasteiger partial charge on any atom is 0.229 e. The molecule has 1 aromatic carbocycles. The summed E-state index contributed by atoms with van der Waals surface area (Å²) in [6.45, 7) is 2.99. The number of rotatable bonds is 3. The van der Waals surface area contributed by atoms with E-state index in [1.54, 1.807) is 16.2 Å². The van der Waals surface area contributed by atoms with Gasteiger partial charge in [0.05, 0.1) is 23.2 Å². The van der Waals surface area contributed by atoms with E-state index in [0.717, 1.165) is 28.4 Å². The van der Waals surface area contributed by atoms with Gasteiger partial charge in [0.25, 0.3) is 0 Å². The molecular formula is C16H18N2O2S. The van der Waals surface area contributed by atoms with E-state index in [1.807, 2.05) is 43.6 Å². The lowest BCUT2D eigenvalue weighted by atomic mass is 9.95. The fourth-order valence-electron chi connectivity index (χ4n) is 2.60. The highest BCUT2D eigenvalue weighted by Crippen LogP contribution is 2.27. The van der Waals surface area contributed by atoms with Crippen LogP contribution in [0.3, 0.4) is 0 Å². The zero-order chi connectivity index (χ0) is 14.8. The molecule has 3 rings (SSSR count). The van der Waals surface area contributed by atoms with Crippen molar-refractivity contribution in [2.45, 2.75) is 19.9 Å². The highest BCUT2D eigenvalue weighted by Gasteiger charge is 2.28. The van der Waals surface area contributed by atoms with Crippen LogP contribution in [-0.4, -0.2) is 29.4 Å². The molecule has 1 aliphatic heterocycles. The van der Waals surface area contributed by atoms with E-state index >= 15 is 0 Å². The van der Waals surface area contributed by atoms with Gasteiger partial charge in [0.15, 0.2) is 0 Å². The van der Waals surface area contributed by atoms with Crippen LogP contribution in [0, 0.1) is 12.8 Å². The number of aromatic nitrogens is 1. The SMILES string of the molecule is Cc1nc(CN(C)C(=O)C2COc3ccccc3C2)cs1. The van der Waals surface area contributed by atoms with Crippen molar-refractivity contribution in [2.24, 2.45) is 5.92 Å². The van der Waals surface area contributed by atoms with Gasteiger partial charge >= 0.3 is 0 Å². The number of carbonyl (C=O) groups is 1. The molecule has 0 spiro atoms. The Morgan fingerprint density at radius 2 is 2.29 bits per heavy atom. The minimum absolute atomic E-state index is 0.107. The van der Waals surface area contributed by atoms with Gasteiger partial charge in [-0.1, -0.05) is 18.2 Å². The standard InChI is InChI=1S/C16H18N2O2S/c1-11-17-14(10-21-11)8-18(2)16(19)13-7-12-5-3-4-6-15(12)20-9-13/h3-6,10,13H,7-9H2,1-2H3. The highest BCUT2D eigenvalue weighted by molar-refractivity contribution is 7.09. The Labute approximate surface area is 128 Å². The molecule has 5 heteroatoms. The van der Waals surface area contributed by atoms with Crippen molar-refractivity contribution in [3.8, 4) is 5.75 Å². The van der Waals surface area contributed by atoms with Crippen molar-refractivity contribution >= 4 is 17.2 Å². The molecule has 2 heterocycles. The summed E-state index contributed by atoms with van der Waals surface area (Å²) < 4.78 is 5.70. The van der Waals surface area contributed by atoms with Crippen molar-refractivity contribution in [1.29, 1.82) is 0 Å². The Morgan fingerprint density at radius 3 is 3.05 bits per heavy atom. The van der Waals surface area contributed by atoms with Crippen molar-refractivity contribution in [2.75, 3.05) is 13.7 Å². The third-order valence-electron chi connectivity index (χ3n) is 3.67. The van der Waals surface area contributed by atoms with E-state index in [-0.39, 0.29) is 11.8 Å². The lowest BCUT2D eigenvalue weighted by Gasteiger charge is -2.28. The van der Waals surface area contributed by atoms with Crippen molar-refractivity contribution in [1.82, 2.24) is 9.88 Å². The lowest BCUT2D eigenvalue weighted by Crippen LogP contribution is -2.38. The molecule has 0 saturated carbocycles. The number of carbonyl (C=O) groups excluding carboxylic acids is 1. The first kappa shape index (κ1) is 14.1. The predicted octanol–water partition coefficient (Wildman–Crippen LogP) is 2.66. The number of nitrogens with zero attached hydrogens (tertiary/aromatic N) is 2. The van der Waals surface area contributed by atoms with Crippen LogP contribution in [0.25, 0.3) is 0 Å². The predicted molar refractivity (Wildman–Crippen MR) is 82.5 cm³/mol. The van der Waals surface area contributed by atoms with Crippen LogP contribution in [-0.2, 0) is 17.8 Å². The first-order chi connectivity index (χ1) is 10.1. The molecule has 0 radical (unpaired) electrons. The first-order valence-electron chi connectivity index (χ1n) is 7.00. The van der Waals surface area contributed by atoms with E-state index in [0.29, 0.717) is 13.2 Å². The second-order valence-corrected chi connectivity index (χ2v) is 6.43. The summed E-state index contributed by atoms with van der Waals surface area (Å²) in [7, 11) is 1.83. The highest BCUT2D eigenvalue weighted by atomic mass is 32.1. The van der Waals surface area contributed by atoms with E-state index < -0.39 is 0 Å². The van der Waals surface area contributed by atoms with Gasteiger partial charge in [-0.25, -0.2) is 4.98 Å². The van der Waals surface area contributed by atoms with Crippen LogP contribution in [0.2, 0.25) is 0 Å². The Morgan fingerprint density at radius 1 is 1.48 bits per heavy atom. The van der Waals surface area contributed by atoms with Crippen LogP contribution < -0.4 is 4.74 Å². The zero-order valence-electron chi connectivity index (χ0n) is 12.2. The summed E-state index contributed by atoms with van der Waals surface area (Å²) in [6.07, 6.45) is 0.745. The molecule has 110 valence electrons. The largest absolute Gasteiger partial charge is 0.492 e. The normalized spacial score (nSPS) is 17.0. The molecule has 1 amide bonds. The van der Waals surface area contributed by atoms with E-state index in [4.69, 9.17) is 4.74 Å². The molecule has 0 fully saturated rings. The molecule has 21 heavy (non-hydrogen) atoms. The number of para-hydroxylation sites is 1. The van der Waals surface area contributed by atoms with Gasteiger partial charge in [-0.2, -0.15) is 0 Å². The van der Waals surface area contributed by atoms with E-state index in [2.05, 4.69) is 4.98 Å². The number of amides is 1. The topological polar surface area (TPSA) is 42.4 Å². The Hall–Kier alpha value is -1.88. The molecule has 1 aromatic heterocycles. The lowest BCUT2D eigenvalue weighted by molar-refractivity contribution is -0.136. The van der Waals surface area contributed by atoms with Gasteiger partial charge in [-0.3, -0.25) is 4.79 Å². The Kier molecular flexibility index (Phi) is 3.92. The van der Waals surface area contributed by atoms with E-state index in [1.165, 1.54) is 0 Å². The summed E-state index contributed by atoms with van der Waals surface area (Å²) >= 11 is 1.61. The van der Waals surface area contributed by atoms with Crippen LogP contribution in [0.15, 0.2) is 29.6 Å². The molecule has 1 aliphatic rings. The maximum absolute atomic E-state index is 12.5. The number of fused-ring (bicyclic) bond motifs is 1. The van der Waals surface area contributed by atoms with Crippen molar-refractivity contribution in [3.63, 3.8) is 0 Å². The number of hydrogen-bond donors (Lipinski definition) is 0. The fraction of sp³-hybridized carbons (Fsp3) is 0.375. The van der Waals surface area contributed by atoms with Crippen molar-refractivity contribution < 1.29 is 9.53 Å². The average molecular weight is 302 g/mol. The van der Waals surface area contributed by atoms with Gasteiger partial charge < -0.3 is 9.64 Å². The number of thiazole rings is 1. The molecule has 2 aromatic rings. The van der Waals surface area contributed by atoms with Gasteiger partial charge in [-0.15, -0.1) is 11.3 Å². The summed E-state index contributed by atoms with van der Waals surface area (Å²) in [6, 6.07) is 7.92. The van der Waals surface area contributed by atoms with Gasteiger partial charge in [0.2, 0.25) is 5.91 Å². The zero-order valence-corrected chi connectivity index (χ0v) is 13.0. The number of aryl methyl sites for hydroxylation is 1. The van der Waals surface area contributed by atoms with Crippen molar-refractivity contribution in [3.05, 3.63) is 45.9 Å². The third kappa shape index (κ3) is 3.08. The first-order valence-corrected chi connectivity index (χ1v) is 7.88. The molecule has 4 nitrogen and oxygen atoms in total. The smallest absolute Gasteiger partial charge is 0.229 e. The monoisotopic (exact) mass is 302 g/mol. The molecule has 1 unspecified atom stereocenters. The quantitative estimate of drug-likeness (QED) is 0.875. The summed E-state index contributed by atoms with van der Waals surface area (Å²) in [5, 5.41) is 3.03. The molecule has 0 aliphatic carbocycles. The summed E-state index contributed by atoms with van der Waals surface area (Å²) in [5.41, 5.74) is 2.06. The van der Waals surface area contributed by atoms with Crippen LogP contribution in [0.1, 0.15) is 16.3 Å². The molecule has 1 atom stereocenters. The number of benzene rings is 1. The second-order valence-electron chi connectivity index (χ2n) is 5.37. The van der Waals surface area contributed by atoms with Gasteiger partial charge in [0, 0.05) is 12.4 Å². The molecular weight excluding hydrogens is 284 g/mol. The van der Waals surface area contributed by atoms with Crippen LogP contribution in [0.5, 0.6) is 5.75 Å². The maximum atomic E-state index is 12.5. The minimum atomic E-state index is -0.107. The van der Waals surface area contributed by atoms with E-state index in [9.17, 15) is 4.79 Å². The van der Waals surface area contributed by atoms with Gasteiger partial charge in [0.1, 0.15) is 12.4 Å². The summed E-state index contributed by atoms with van der Waals surface area (Å²) in [4.78, 5) is 18.7. The Balaban J connectivity index is 1.66.